The van der Waals surface area contributed by atoms with Crippen molar-refractivity contribution < 1.29 is 14.6 Å². The monoisotopic (exact) mass is 244 g/mol. The van der Waals surface area contributed by atoms with E-state index in [0.717, 1.165) is 0 Å². The van der Waals surface area contributed by atoms with Gasteiger partial charge in [0.2, 0.25) is 6.29 Å². The molecular formula is C10H6Cl2O3. The van der Waals surface area contributed by atoms with E-state index in [1.54, 1.807) is 18.2 Å². The molecule has 78 valence electrons. The van der Waals surface area contributed by atoms with Crippen molar-refractivity contribution >= 4 is 34.7 Å². The van der Waals surface area contributed by atoms with Crippen molar-refractivity contribution in [1.82, 2.24) is 0 Å². The zero-order valence-corrected chi connectivity index (χ0v) is 8.92. The third-order valence-corrected chi connectivity index (χ3v) is 2.73. The van der Waals surface area contributed by atoms with E-state index in [9.17, 15) is 4.79 Å². The summed E-state index contributed by atoms with van der Waals surface area (Å²) in [5.74, 6) is -0.569. The van der Waals surface area contributed by atoms with Crippen LogP contribution in [-0.2, 0) is 9.53 Å². The highest BCUT2D eigenvalue weighted by molar-refractivity contribution is 6.42. The van der Waals surface area contributed by atoms with E-state index in [1.165, 1.54) is 6.08 Å². The van der Waals surface area contributed by atoms with Crippen molar-refractivity contribution in [3.63, 3.8) is 0 Å². The van der Waals surface area contributed by atoms with Gasteiger partial charge in [-0.1, -0.05) is 29.3 Å². The summed E-state index contributed by atoms with van der Waals surface area (Å²) in [4.78, 5) is 11.3. The third-order valence-electron chi connectivity index (χ3n) is 1.99. The normalized spacial score (nSPS) is 20.1. The molecule has 0 fully saturated rings. The number of hydrogen-bond acceptors (Lipinski definition) is 3. The molecule has 1 aromatic rings. The van der Waals surface area contributed by atoms with Crippen molar-refractivity contribution in [2.75, 3.05) is 0 Å². The Kier molecular flexibility index (Phi) is 2.69. The van der Waals surface area contributed by atoms with E-state index in [0.29, 0.717) is 21.2 Å². The van der Waals surface area contributed by atoms with Gasteiger partial charge in [-0.05, 0) is 23.8 Å². The molecule has 1 unspecified atom stereocenters. The van der Waals surface area contributed by atoms with E-state index in [-0.39, 0.29) is 0 Å². The second-order valence-corrected chi connectivity index (χ2v) is 3.82. The number of benzene rings is 1. The molecule has 0 saturated heterocycles. The van der Waals surface area contributed by atoms with Gasteiger partial charge in [-0.15, -0.1) is 0 Å². The summed E-state index contributed by atoms with van der Waals surface area (Å²) in [6, 6.07) is 4.77. The van der Waals surface area contributed by atoms with E-state index in [2.05, 4.69) is 4.74 Å². The van der Waals surface area contributed by atoms with Gasteiger partial charge in [-0.2, -0.15) is 0 Å². The molecule has 5 heteroatoms. The number of carbonyl (C=O) groups is 1. The minimum atomic E-state index is -1.18. The lowest BCUT2D eigenvalue weighted by molar-refractivity contribution is -0.149. The molecule has 1 N–H and O–H groups in total. The fourth-order valence-electron chi connectivity index (χ4n) is 1.30. The highest BCUT2D eigenvalue weighted by Crippen LogP contribution is 2.29. The van der Waals surface area contributed by atoms with Crippen molar-refractivity contribution in [2.45, 2.75) is 6.29 Å². The maximum atomic E-state index is 11.3. The highest BCUT2D eigenvalue weighted by atomic mass is 35.5. The number of aliphatic hydroxyl groups is 1. The third kappa shape index (κ3) is 2.00. The maximum absolute atomic E-state index is 11.3. The van der Waals surface area contributed by atoms with Crippen LogP contribution in [0.25, 0.3) is 5.57 Å². The number of cyclic esters (lactones) is 1. The van der Waals surface area contributed by atoms with Crippen molar-refractivity contribution in [2.24, 2.45) is 0 Å². The quantitative estimate of drug-likeness (QED) is 0.772. The zero-order valence-electron chi connectivity index (χ0n) is 7.41. The second-order valence-electron chi connectivity index (χ2n) is 3.01. The Morgan fingerprint density at radius 2 is 2.00 bits per heavy atom. The van der Waals surface area contributed by atoms with Gasteiger partial charge in [0.1, 0.15) is 0 Å². The molecular weight excluding hydrogens is 239 g/mol. The van der Waals surface area contributed by atoms with Gasteiger partial charge in [0.15, 0.2) is 0 Å². The van der Waals surface area contributed by atoms with Crippen LogP contribution >= 0.6 is 23.2 Å². The number of hydrogen-bond donors (Lipinski definition) is 1. The molecule has 1 aromatic carbocycles. The molecule has 0 radical (unpaired) electrons. The summed E-state index contributed by atoms with van der Waals surface area (Å²) < 4.78 is 4.55. The Hall–Kier alpha value is -1.03. The Balaban J connectivity index is 2.42. The zero-order chi connectivity index (χ0) is 11.0. The summed E-state index contributed by atoms with van der Waals surface area (Å²) in [6.45, 7) is 0. The van der Waals surface area contributed by atoms with E-state index in [4.69, 9.17) is 28.3 Å². The van der Waals surface area contributed by atoms with Crippen LogP contribution in [0.5, 0.6) is 0 Å². The first-order valence-corrected chi connectivity index (χ1v) is 4.90. The van der Waals surface area contributed by atoms with Gasteiger partial charge in [-0.3, -0.25) is 0 Å². The minimum absolute atomic E-state index is 0.293. The molecule has 0 aromatic heterocycles. The Morgan fingerprint density at radius 3 is 2.53 bits per heavy atom. The summed E-state index contributed by atoms with van der Waals surface area (Å²) in [7, 11) is 0. The number of esters is 1. The fraction of sp³-hybridized carbons (Fsp3) is 0.100. The average Bonchev–Trinajstić information content (AvgIpc) is 2.50. The van der Waals surface area contributed by atoms with Crippen LogP contribution < -0.4 is 0 Å². The van der Waals surface area contributed by atoms with Gasteiger partial charge >= 0.3 is 5.97 Å². The molecule has 0 spiro atoms. The lowest BCUT2D eigenvalue weighted by Crippen LogP contribution is -2.05. The number of aliphatic hydroxyl groups excluding tert-OH is 1. The van der Waals surface area contributed by atoms with Crippen LogP contribution in [0.4, 0.5) is 0 Å². The molecule has 1 aliphatic rings. The lowest BCUT2D eigenvalue weighted by Gasteiger charge is -2.01. The number of halogens is 2. The Bertz CT molecular complexity index is 454. The van der Waals surface area contributed by atoms with Crippen LogP contribution in [0.3, 0.4) is 0 Å². The highest BCUT2D eigenvalue weighted by Gasteiger charge is 2.25. The summed E-state index contributed by atoms with van der Waals surface area (Å²) in [5, 5.41) is 9.84. The van der Waals surface area contributed by atoms with Crippen molar-refractivity contribution in [3.8, 4) is 0 Å². The molecule has 3 nitrogen and oxygen atoms in total. The van der Waals surface area contributed by atoms with E-state index < -0.39 is 12.3 Å². The first kappa shape index (κ1) is 10.5. The minimum Gasteiger partial charge on any atom is -0.428 e. The Labute approximate surface area is 95.9 Å². The topological polar surface area (TPSA) is 46.5 Å². The van der Waals surface area contributed by atoms with Crippen LogP contribution in [0.1, 0.15) is 5.56 Å². The first-order valence-electron chi connectivity index (χ1n) is 4.14. The van der Waals surface area contributed by atoms with Gasteiger partial charge in [0, 0.05) is 0 Å². The smallest absolute Gasteiger partial charge is 0.341 e. The number of rotatable bonds is 1. The molecule has 0 amide bonds. The Morgan fingerprint density at radius 1 is 1.27 bits per heavy atom. The molecule has 1 aliphatic heterocycles. The second kappa shape index (κ2) is 3.85. The maximum Gasteiger partial charge on any atom is 0.341 e. The lowest BCUT2D eigenvalue weighted by atomic mass is 10.1. The van der Waals surface area contributed by atoms with Crippen LogP contribution in [0.15, 0.2) is 24.3 Å². The predicted molar refractivity (Wildman–Crippen MR) is 56.5 cm³/mol. The van der Waals surface area contributed by atoms with Gasteiger partial charge in [0.05, 0.1) is 15.6 Å². The summed E-state index contributed by atoms with van der Waals surface area (Å²) in [5.41, 5.74) is 0.868. The summed E-state index contributed by atoms with van der Waals surface area (Å²) >= 11 is 11.5. The molecule has 1 atom stereocenters. The average molecular weight is 245 g/mol. The molecule has 1 heterocycles. The SMILES string of the molecule is O=C1OC(O)C=C1c1ccc(Cl)c(Cl)c1. The van der Waals surface area contributed by atoms with Gasteiger partial charge in [-0.25, -0.2) is 4.79 Å². The summed E-state index contributed by atoms with van der Waals surface area (Å²) in [6.07, 6.45) is 0.143. The van der Waals surface area contributed by atoms with Gasteiger partial charge in [0.25, 0.3) is 0 Å². The molecule has 0 bridgehead atoms. The van der Waals surface area contributed by atoms with Crippen LogP contribution in [-0.4, -0.2) is 17.4 Å². The molecule has 15 heavy (non-hydrogen) atoms. The number of carbonyl (C=O) groups excluding carboxylic acids is 1. The molecule has 0 saturated carbocycles. The van der Waals surface area contributed by atoms with E-state index in [1.807, 2.05) is 0 Å². The van der Waals surface area contributed by atoms with Gasteiger partial charge < -0.3 is 9.84 Å². The molecule has 0 aliphatic carbocycles. The standard InChI is InChI=1S/C10H6Cl2O3/c11-7-2-1-5(3-8(7)12)6-4-9(13)15-10(6)14/h1-4,9,13H. The predicted octanol–water partition coefficient (Wildman–Crippen LogP) is 2.25. The molecule has 2 rings (SSSR count). The number of ether oxygens (including phenoxy) is 1. The van der Waals surface area contributed by atoms with E-state index >= 15 is 0 Å². The van der Waals surface area contributed by atoms with Crippen molar-refractivity contribution in [1.29, 1.82) is 0 Å². The fourth-order valence-corrected chi connectivity index (χ4v) is 1.59. The largest absolute Gasteiger partial charge is 0.428 e. The van der Waals surface area contributed by atoms with Crippen LogP contribution in [0.2, 0.25) is 10.0 Å². The first-order chi connectivity index (χ1) is 7.08. The van der Waals surface area contributed by atoms with Crippen molar-refractivity contribution in [3.05, 3.63) is 39.9 Å². The van der Waals surface area contributed by atoms with Crippen LogP contribution in [0, 0.1) is 0 Å².